The predicted molar refractivity (Wildman–Crippen MR) is 82.9 cm³/mol. The average Bonchev–Trinajstić information content (AvgIpc) is 3.13. The smallest absolute Gasteiger partial charge is 0.415 e. The third kappa shape index (κ3) is 2.30. The number of anilines is 1. The lowest BCUT2D eigenvalue weighted by Gasteiger charge is -2.12. The number of rotatable bonds is 2. The Hall–Kier alpha value is -3.43. The van der Waals surface area contributed by atoms with E-state index in [0.29, 0.717) is 0 Å². The van der Waals surface area contributed by atoms with E-state index in [9.17, 15) is 18.8 Å². The number of carbonyl (C=O) groups is 2. The number of hydrogen-bond acceptors (Lipinski definition) is 6. The van der Waals surface area contributed by atoms with Gasteiger partial charge in [0.05, 0.1) is 12.2 Å². The topological polar surface area (TPSA) is 106 Å². The molecular formula is C15H11FN4O5. The maximum absolute atomic E-state index is 14.6. The molecule has 9 nitrogen and oxygen atoms in total. The number of amides is 2. The number of carbonyl (C=O) groups excluding carboxylic acids is 2. The minimum absolute atomic E-state index is 0.0558. The molecule has 3 heterocycles. The van der Waals surface area contributed by atoms with E-state index in [1.54, 1.807) is 0 Å². The number of likely N-dealkylation sites (N-methyl/N-ethyl adjacent to an activating group) is 1. The molecule has 1 fully saturated rings. The van der Waals surface area contributed by atoms with Gasteiger partial charge in [-0.05, 0) is 0 Å². The lowest BCUT2D eigenvalue weighted by Crippen LogP contribution is -2.35. The molecule has 0 unspecified atom stereocenters. The van der Waals surface area contributed by atoms with Crippen LogP contribution in [0, 0.1) is 5.82 Å². The highest BCUT2D eigenvalue weighted by molar-refractivity contribution is 5.97. The molecule has 0 saturated carbocycles. The van der Waals surface area contributed by atoms with Crippen LogP contribution in [0.1, 0.15) is 0 Å². The average molecular weight is 346 g/mol. The second-order valence-corrected chi connectivity index (χ2v) is 5.39. The number of fused-ring (bicyclic) bond motifs is 3. The Bertz CT molecular complexity index is 1090. The minimum Gasteiger partial charge on any atom is -0.434 e. The Morgan fingerprint density at radius 1 is 1.40 bits per heavy atom. The van der Waals surface area contributed by atoms with Crippen molar-refractivity contribution < 1.29 is 23.1 Å². The second-order valence-electron chi connectivity index (χ2n) is 5.39. The van der Waals surface area contributed by atoms with Gasteiger partial charge in [0.1, 0.15) is 5.52 Å². The van der Waals surface area contributed by atoms with Gasteiger partial charge in [-0.2, -0.15) is 4.98 Å². The highest BCUT2D eigenvalue weighted by atomic mass is 19.1. The first-order valence-electron chi connectivity index (χ1n) is 7.29. The number of benzene rings is 1. The fraction of sp³-hybridized carbons (Fsp3) is 0.200. The van der Waals surface area contributed by atoms with E-state index in [1.165, 1.54) is 29.8 Å². The van der Waals surface area contributed by atoms with Crippen LogP contribution in [0.3, 0.4) is 0 Å². The predicted octanol–water partition coefficient (Wildman–Crippen LogP) is 0.651. The summed E-state index contributed by atoms with van der Waals surface area (Å²) >= 11 is 0. The largest absolute Gasteiger partial charge is 0.434 e. The molecule has 2 aromatic heterocycles. The minimum atomic E-state index is -0.981. The van der Waals surface area contributed by atoms with E-state index >= 15 is 0 Å². The molecule has 1 N–H and O–H groups in total. The van der Waals surface area contributed by atoms with Crippen LogP contribution in [-0.2, 0) is 9.53 Å². The molecule has 10 heteroatoms. The van der Waals surface area contributed by atoms with Crippen LogP contribution < -0.4 is 15.8 Å². The lowest BCUT2D eigenvalue weighted by atomic mass is 10.2. The Morgan fingerprint density at radius 3 is 2.96 bits per heavy atom. The monoisotopic (exact) mass is 346 g/mol. The first-order chi connectivity index (χ1) is 12.0. The van der Waals surface area contributed by atoms with Gasteiger partial charge in [-0.25, -0.2) is 9.18 Å². The van der Waals surface area contributed by atoms with E-state index < -0.39 is 29.5 Å². The third-order valence-corrected chi connectivity index (χ3v) is 3.90. The molecule has 0 aliphatic carbocycles. The zero-order valence-corrected chi connectivity index (χ0v) is 12.9. The van der Waals surface area contributed by atoms with Gasteiger partial charge in [-0.3, -0.25) is 18.9 Å². The van der Waals surface area contributed by atoms with Crippen molar-refractivity contribution in [2.24, 2.45) is 0 Å². The number of halogens is 1. The molecule has 0 radical (unpaired) electrons. The van der Waals surface area contributed by atoms with Crippen LogP contribution >= 0.6 is 0 Å². The van der Waals surface area contributed by atoms with Crippen molar-refractivity contribution in [2.75, 3.05) is 18.5 Å². The number of aromatic nitrogens is 2. The maximum atomic E-state index is 14.6. The highest BCUT2D eigenvalue weighted by Crippen LogP contribution is 2.30. The van der Waals surface area contributed by atoms with Gasteiger partial charge >= 0.3 is 11.9 Å². The fourth-order valence-corrected chi connectivity index (χ4v) is 2.73. The van der Waals surface area contributed by atoms with Gasteiger partial charge in [-0.1, -0.05) is 0 Å². The molecular weight excluding hydrogens is 335 g/mol. The van der Waals surface area contributed by atoms with Crippen LogP contribution in [0.15, 0.2) is 33.6 Å². The SMILES string of the molecule is CNC(=O)[C@H]1CN(c2cc(F)c3c(c2)oc2nc(=O)ccn23)C(=O)O1. The van der Waals surface area contributed by atoms with E-state index in [-0.39, 0.29) is 29.2 Å². The van der Waals surface area contributed by atoms with Crippen LogP contribution in [0.5, 0.6) is 0 Å². The molecule has 0 spiro atoms. The van der Waals surface area contributed by atoms with Crippen LogP contribution in [0.25, 0.3) is 16.9 Å². The molecule has 0 bridgehead atoms. The van der Waals surface area contributed by atoms with Gasteiger partial charge < -0.3 is 14.5 Å². The summed E-state index contributed by atoms with van der Waals surface area (Å²) in [6.45, 7) is -0.0558. The third-order valence-electron chi connectivity index (χ3n) is 3.90. The van der Waals surface area contributed by atoms with Crippen molar-refractivity contribution >= 4 is 34.6 Å². The summed E-state index contributed by atoms with van der Waals surface area (Å²) in [6, 6.07) is 3.73. The number of ether oxygens (including phenoxy) is 1. The molecule has 1 aliphatic heterocycles. The fourth-order valence-electron chi connectivity index (χ4n) is 2.73. The van der Waals surface area contributed by atoms with Crippen molar-refractivity contribution in [3.05, 3.63) is 40.6 Å². The number of nitrogens with one attached hydrogen (secondary N) is 1. The molecule has 3 aromatic rings. The van der Waals surface area contributed by atoms with Gasteiger partial charge in [0.25, 0.3) is 11.5 Å². The van der Waals surface area contributed by atoms with Crippen LogP contribution in [-0.4, -0.2) is 41.1 Å². The summed E-state index contributed by atoms with van der Waals surface area (Å²) in [7, 11) is 1.42. The zero-order chi connectivity index (χ0) is 17.7. The summed E-state index contributed by atoms with van der Waals surface area (Å²) in [5, 5.41) is 2.39. The molecule has 25 heavy (non-hydrogen) atoms. The number of cyclic esters (lactones) is 1. The molecule has 128 valence electrons. The molecule has 4 rings (SSSR count). The quantitative estimate of drug-likeness (QED) is 0.730. The van der Waals surface area contributed by atoms with E-state index in [2.05, 4.69) is 10.3 Å². The van der Waals surface area contributed by atoms with Gasteiger partial charge in [0.15, 0.2) is 17.5 Å². The van der Waals surface area contributed by atoms with Gasteiger partial charge in [0, 0.05) is 31.4 Å². The summed E-state index contributed by atoms with van der Waals surface area (Å²) in [4.78, 5) is 39.7. The van der Waals surface area contributed by atoms with Crippen molar-refractivity contribution in [3.8, 4) is 0 Å². The Kier molecular flexibility index (Phi) is 3.20. The van der Waals surface area contributed by atoms with E-state index in [4.69, 9.17) is 9.15 Å². The first-order valence-corrected chi connectivity index (χ1v) is 7.29. The standard InChI is InChI=1S/C15H11FN4O5/c1-17-13(22)10-6-20(15(23)25-10)7-4-8(16)12-9(5-7)24-14-18-11(21)2-3-19(12)14/h2-5,10H,6H2,1H3,(H,17,22)/t10-/m1/s1. The summed E-state index contributed by atoms with van der Waals surface area (Å²) in [6.07, 6.45) is -0.396. The summed E-state index contributed by atoms with van der Waals surface area (Å²) < 4.78 is 26.2. The van der Waals surface area contributed by atoms with Crippen LogP contribution in [0.4, 0.5) is 14.9 Å². The van der Waals surface area contributed by atoms with Crippen LogP contribution in [0.2, 0.25) is 0 Å². The van der Waals surface area contributed by atoms with Crippen molar-refractivity contribution in [1.82, 2.24) is 14.7 Å². The lowest BCUT2D eigenvalue weighted by molar-refractivity contribution is -0.127. The normalized spacial score (nSPS) is 17.3. The number of hydrogen-bond donors (Lipinski definition) is 1. The maximum Gasteiger partial charge on any atom is 0.415 e. The van der Waals surface area contributed by atoms with Gasteiger partial charge in [0.2, 0.25) is 0 Å². The molecule has 1 saturated heterocycles. The molecule has 1 atom stereocenters. The van der Waals surface area contributed by atoms with Crippen molar-refractivity contribution in [1.29, 1.82) is 0 Å². The molecule has 1 aromatic carbocycles. The molecule has 2 amide bonds. The Morgan fingerprint density at radius 2 is 2.20 bits per heavy atom. The summed E-state index contributed by atoms with van der Waals surface area (Å²) in [5.41, 5.74) is -0.161. The Labute approximate surface area is 138 Å². The zero-order valence-electron chi connectivity index (χ0n) is 12.9. The van der Waals surface area contributed by atoms with Gasteiger partial charge in [-0.15, -0.1) is 0 Å². The van der Waals surface area contributed by atoms with Crippen molar-refractivity contribution in [2.45, 2.75) is 6.10 Å². The first kappa shape index (κ1) is 15.1. The Balaban J connectivity index is 1.81. The van der Waals surface area contributed by atoms with E-state index in [0.717, 1.165) is 11.0 Å². The highest BCUT2D eigenvalue weighted by Gasteiger charge is 2.37. The van der Waals surface area contributed by atoms with Crippen molar-refractivity contribution in [3.63, 3.8) is 0 Å². The summed E-state index contributed by atoms with van der Waals surface area (Å²) in [5.74, 6) is -1.19. The second kappa shape index (κ2) is 5.30. The molecule has 1 aliphatic rings. The number of nitrogens with zero attached hydrogens (tertiary/aromatic N) is 3. The number of oxazole rings is 1. The van der Waals surface area contributed by atoms with E-state index in [1.807, 2.05) is 0 Å².